The van der Waals surface area contributed by atoms with Crippen LogP contribution in [-0.2, 0) is 18.3 Å². The third-order valence-corrected chi connectivity index (χ3v) is 10.0. The van der Waals surface area contributed by atoms with Gasteiger partial charge in [0.05, 0.1) is 17.6 Å². The van der Waals surface area contributed by atoms with E-state index in [0.29, 0.717) is 12.8 Å². The molecule has 0 aliphatic heterocycles. The van der Waals surface area contributed by atoms with Crippen LogP contribution in [0.4, 0.5) is 17.1 Å². The summed E-state index contributed by atoms with van der Waals surface area (Å²) in [6, 6.07) is 54.9. The van der Waals surface area contributed by atoms with Crippen molar-refractivity contribution >= 4 is 17.1 Å². The molecule has 45 heavy (non-hydrogen) atoms. The Balaban J connectivity index is 1.38. The topological polar surface area (TPSA) is 50.8 Å². The molecule has 3 aliphatic rings. The van der Waals surface area contributed by atoms with Gasteiger partial charge < -0.3 is 4.90 Å². The van der Waals surface area contributed by atoms with E-state index in [9.17, 15) is 10.5 Å². The van der Waals surface area contributed by atoms with E-state index in [1.165, 1.54) is 44.5 Å². The van der Waals surface area contributed by atoms with Gasteiger partial charge in [0.1, 0.15) is 0 Å². The average molecular weight is 574 g/mol. The molecule has 0 saturated carbocycles. The molecule has 1 unspecified atom stereocenters. The number of hydrogen-bond donors (Lipinski definition) is 0. The molecule has 6 aromatic carbocycles. The fraction of sp³-hybridized carbons (Fsp3) is 0.0952. The summed E-state index contributed by atoms with van der Waals surface area (Å²) >= 11 is 0. The zero-order valence-corrected chi connectivity index (χ0v) is 24.5. The van der Waals surface area contributed by atoms with Crippen molar-refractivity contribution in [1.29, 1.82) is 10.5 Å². The smallest absolute Gasteiger partial charge is 0.151 e. The Morgan fingerprint density at radius 3 is 1.47 bits per heavy atom. The fourth-order valence-corrected chi connectivity index (χ4v) is 8.17. The number of rotatable bonds is 3. The molecule has 0 fully saturated rings. The van der Waals surface area contributed by atoms with Crippen molar-refractivity contribution in [2.24, 2.45) is 5.41 Å². The van der Waals surface area contributed by atoms with Crippen LogP contribution in [0.2, 0.25) is 0 Å². The highest BCUT2D eigenvalue weighted by atomic mass is 15.1. The Morgan fingerprint density at radius 1 is 0.444 bits per heavy atom. The maximum atomic E-state index is 10.3. The normalized spacial score (nSPS) is 17.4. The van der Waals surface area contributed by atoms with Crippen LogP contribution >= 0.6 is 0 Å². The van der Waals surface area contributed by atoms with Crippen molar-refractivity contribution in [3.63, 3.8) is 0 Å². The highest BCUT2D eigenvalue weighted by Gasteiger charge is 2.52. The number of fused-ring (bicyclic) bond motifs is 6. The van der Waals surface area contributed by atoms with Gasteiger partial charge in [-0.05, 0) is 92.0 Å². The minimum atomic E-state index is -1.13. The zero-order valence-electron chi connectivity index (χ0n) is 24.5. The summed E-state index contributed by atoms with van der Waals surface area (Å²) in [4.78, 5) is 2.33. The Bertz CT molecular complexity index is 2180. The Labute approximate surface area is 262 Å². The lowest BCUT2D eigenvalue weighted by molar-refractivity contribution is 0.513. The van der Waals surface area contributed by atoms with Crippen LogP contribution in [-0.4, -0.2) is 0 Å². The number of nitrogens with zero attached hydrogens (tertiary/aromatic N) is 3. The first-order chi connectivity index (χ1) is 22.1. The van der Waals surface area contributed by atoms with Gasteiger partial charge in [0.2, 0.25) is 0 Å². The van der Waals surface area contributed by atoms with Gasteiger partial charge >= 0.3 is 0 Å². The van der Waals surface area contributed by atoms with Crippen molar-refractivity contribution < 1.29 is 0 Å². The van der Waals surface area contributed by atoms with Gasteiger partial charge in [-0.25, -0.2) is 0 Å². The molecular weight excluding hydrogens is 546 g/mol. The molecule has 6 aromatic rings. The lowest BCUT2D eigenvalue weighted by Crippen LogP contribution is -2.29. The third-order valence-electron chi connectivity index (χ3n) is 10.0. The number of hydrogen-bond acceptors (Lipinski definition) is 3. The predicted octanol–water partition coefficient (Wildman–Crippen LogP) is 9.63. The monoisotopic (exact) mass is 573 g/mol. The SMILES string of the molecule is N#CC1(C#N)Cc2ccc3c(c2)C2(c4ccccc4-3)c3cc(ccc3-c3ccc(N(c4ccccc4)c4ccccc4)cc32)C1. The molecule has 9 rings (SSSR count). The molecule has 3 heteroatoms. The van der Waals surface area contributed by atoms with E-state index >= 15 is 0 Å². The molecule has 1 atom stereocenters. The van der Waals surface area contributed by atoms with Crippen molar-refractivity contribution in [3.05, 3.63) is 173 Å². The number of nitriles is 2. The molecule has 4 bridgehead atoms. The Morgan fingerprint density at radius 2 is 0.911 bits per heavy atom. The van der Waals surface area contributed by atoms with Gasteiger partial charge in [-0.15, -0.1) is 0 Å². The average Bonchev–Trinajstić information content (AvgIpc) is 3.55. The van der Waals surface area contributed by atoms with E-state index < -0.39 is 10.8 Å². The Hall–Kier alpha value is -5.90. The second kappa shape index (κ2) is 9.30. The van der Waals surface area contributed by atoms with Crippen molar-refractivity contribution in [2.75, 3.05) is 4.90 Å². The lowest BCUT2D eigenvalue weighted by Gasteiger charge is -2.33. The summed E-state index contributed by atoms with van der Waals surface area (Å²) in [5.41, 5.74) is 13.6. The highest BCUT2D eigenvalue weighted by molar-refractivity contribution is 5.96. The van der Waals surface area contributed by atoms with Gasteiger partial charge in [-0.1, -0.05) is 103 Å². The molecule has 0 heterocycles. The first-order valence-corrected chi connectivity index (χ1v) is 15.4. The maximum absolute atomic E-state index is 10.3. The number of anilines is 3. The lowest BCUT2D eigenvalue weighted by atomic mass is 9.68. The second-order valence-electron chi connectivity index (χ2n) is 12.5. The van der Waals surface area contributed by atoms with Crippen molar-refractivity contribution in [3.8, 4) is 34.4 Å². The van der Waals surface area contributed by atoms with Crippen LogP contribution in [0, 0.1) is 28.1 Å². The molecule has 210 valence electrons. The summed E-state index contributed by atoms with van der Waals surface area (Å²) in [7, 11) is 0. The van der Waals surface area contributed by atoms with E-state index in [1.807, 2.05) is 0 Å². The van der Waals surface area contributed by atoms with Crippen LogP contribution in [0.15, 0.2) is 140 Å². The first-order valence-electron chi connectivity index (χ1n) is 15.4. The molecule has 0 radical (unpaired) electrons. The minimum absolute atomic E-state index is 0.388. The molecular formula is C42H27N3. The molecule has 0 amide bonds. The molecule has 3 aliphatic carbocycles. The van der Waals surface area contributed by atoms with Gasteiger partial charge in [-0.2, -0.15) is 10.5 Å². The quantitative estimate of drug-likeness (QED) is 0.211. The molecule has 1 spiro atoms. The largest absolute Gasteiger partial charge is 0.310 e. The minimum Gasteiger partial charge on any atom is -0.310 e. The van der Waals surface area contributed by atoms with Crippen molar-refractivity contribution in [1.82, 2.24) is 0 Å². The van der Waals surface area contributed by atoms with Crippen LogP contribution in [0.25, 0.3) is 22.3 Å². The van der Waals surface area contributed by atoms with E-state index in [2.05, 4.69) is 157 Å². The zero-order chi connectivity index (χ0) is 30.2. The van der Waals surface area contributed by atoms with E-state index in [4.69, 9.17) is 0 Å². The molecule has 0 saturated heterocycles. The van der Waals surface area contributed by atoms with Crippen LogP contribution in [0.3, 0.4) is 0 Å². The summed E-state index contributed by atoms with van der Waals surface area (Å²) in [6.45, 7) is 0. The maximum Gasteiger partial charge on any atom is 0.151 e. The Kier molecular flexibility index (Phi) is 5.29. The van der Waals surface area contributed by atoms with Gasteiger partial charge in [0, 0.05) is 29.9 Å². The predicted molar refractivity (Wildman–Crippen MR) is 178 cm³/mol. The third kappa shape index (κ3) is 3.44. The van der Waals surface area contributed by atoms with E-state index in [0.717, 1.165) is 28.2 Å². The van der Waals surface area contributed by atoms with E-state index in [-0.39, 0.29) is 0 Å². The molecule has 0 N–H and O–H groups in total. The fourth-order valence-electron chi connectivity index (χ4n) is 8.17. The van der Waals surface area contributed by atoms with Crippen LogP contribution in [0.1, 0.15) is 33.4 Å². The second-order valence-corrected chi connectivity index (χ2v) is 12.5. The van der Waals surface area contributed by atoms with Crippen LogP contribution < -0.4 is 4.90 Å². The number of benzene rings is 6. The van der Waals surface area contributed by atoms with Gasteiger partial charge in [-0.3, -0.25) is 0 Å². The van der Waals surface area contributed by atoms with Gasteiger partial charge in [0.25, 0.3) is 0 Å². The van der Waals surface area contributed by atoms with Crippen molar-refractivity contribution in [2.45, 2.75) is 18.3 Å². The number of para-hydroxylation sites is 2. The van der Waals surface area contributed by atoms with Crippen LogP contribution in [0.5, 0.6) is 0 Å². The standard InChI is InChI=1S/C42H27N3/c43-26-41(27-44)24-28-15-18-34-33-13-7-8-14-37(33)42(38(34)21-28)39-22-29(25-41)16-19-35(39)36-20-17-32(23-40(36)42)45(30-9-3-1-4-10-30)31-11-5-2-6-12-31/h1-23H,24-25H2. The molecule has 3 nitrogen and oxygen atoms in total. The summed E-state index contributed by atoms with van der Waals surface area (Å²) in [5.74, 6) is 0. The van der Waals surface area contributed by atoms with E-state index in [1.54, 1.807) is 0 Å². The first kappa shape index (κ1) is 25.6. The highest BCUT2D eigenvalue weighted by Crippen LogP contribution is 2.64. The summed E-state index contributed by atoms with van der Waals surface area (Å²) in [5, 5.41) is 20.6. The van der Waals surface area contributed by atoms with Gasteiger partial charge in [0.15, 0.2) is 5.41 Å². The summed E-state index contributed by atoms with van der Waals surface area (Å²) in [6.07, 6.45) is 0.777. The summed E-state index contributed by atoms with van der Waals surface area (Å²) < 4.78 is 0. The molecule has 0 aromatic heterocycles.